The zero-order chi connectivity index (χ0) is 8.01. The van der Waals surface area contributed by atoms with Crippen LogP contribution in [0, 0.1) is 0 Å². The lowest BCUT2D eigenvalue weighted by Crippen LogP contribution is -2.53. The molecular weight excluding hydrogens is 152 g/mol. The van der Waals surface area contributed by atoms with Crippen LogP contribution in [0.15, 0.2) is 0 Å². The van der Waals surface area contributed by atoms with Crippen molar-refractivity contribution in [1.82, 2.24) is 0 Å². The topological polar surface area (TPSA) is 79.2 Å². The van der Waals surface area contributed by atoms with Crippen molar-refractivity contribution >= 4 is 0 Å². The highest BCUT2D eigenvalue weighted by Crippen LogP contribution is 2.27. The summed E-state index contributed by atoms with van der Waals surface area (Å²) in [5, 5.41) is 27.6. The van der Waals surface area contributed by atoms with Crippen LogP contribution in [0.4, 0.5) is 0 Å². The van der Waals surface area contributed by atoms with Gasteiger partial charge in [-0.15, -0.1) is 0 Å². The smallest absolute Gasteiger partial charge is 0.186 e. The molecule has 2 saturated heterocycles. The monoisotopic (exact) mass is 162 g/mol. The van der Waals surface area contributed by atoms with Crippen molar-refractivity contribution in [2.75, 3.05) is 6.61 Å². The molecule has 0 aromatic heterocycles. The highest BCUT2D eigenvalue weighted by atomic mass is 16.7. The van der Waals surface area contributed by atoms with E-state index in [1.807, 2.05) is 0 Å². The first kappa shape index (κ1) is 7.45. The molecule has 2 rings (SSSR count). The zero-order valence-electron chi connectivity index (χ0n) is 5.75. The standard InChI is InChI=1S/C6H10O5/c7-3-2-1-10-6(11-2)5(9)4(3)8/h2-9H,1H2/t2?,3-,4-,5+,6+/m0/s1. The molecular formula is C6H10O5. The largest absolute Gasteiger partial charge is 0.387 e. The van der Waals surface area contributed by atoms with Crippen molar-refractivity contribution in [3.05, 3.63) is 0 Å². The molecule has 0 aromatic rings. The van der Waals surface area contributed by atoms with Gasteiger partial charge in [-0.3, -0.25) is 0 Å². The third-order valence-corrected chi connectivity index (χ3v) is 2.09. The van der Waals surface area contributed by atoms with Crippen LogP contribution in [0.2, 0.25) is 0 Å². The van der Waals surface area contributed by atoms with Gasteiger partial charge in [0.25, 0.3) is 0 Å². The van der Waals surface area contributed by atoms with Gasteiger partial charge in [0.15, 0.2) is 6.29 Å². The van der Waals surface area contributed by atoms with Gasteiger partial charge in [-0.1, -0.05) is 0 Å². The fourth-order valence-corrected chi connectivity index (χ4v) is 1.38. The first-order valence-corrected chi connectivity index (χ1v) is 3.51. The van der Waals surface area contributed by atoms with Gasteiger partial charge in [0.2, 0.25) is 0 Å². The van der Waals surface area contributed by atoms with E-state index in [-0.39, 0.29) is 6.61 Å². The van der Waals surface area contributed by atoms with Crippen LogP contribution in [0.5, 0.6) is 0 Å². The van der Waals surface area contributed by atoms with Crippen LogP contribution in [0.1, 0.15) is 0 Å². The van der Waals surface area contributed by atoms with Crippen molar-refractivity contribution in [3.63, 3.8) is 0 Å². The van der Waals surface area contributed by atoms with Crippen LogP contribution in [0.25, 0.3) is 0 Å². The number of rotatable bonds is 0. The van der Waals surface area contributed by atoms with Gasteiger partial charge in [-0.25, -0.2) is 0 Å². The predicted octanol–water partition coefficient (Wildman–Crippen LogP) is -2.18. The number of aliphatic hydroxyl groups excluding tert-OH is 3. The van der Waals surface area contributed by atoms with Gasteiger partial charge in [0.05, 0.1) is 6.61 Å². The molecule has 2 aliphatic rings. The molecule has 0 amide bonds. The summed E-state index contributed by atoms with van der Waals surface area (Å²) in [6.07, 6.45) is -4.58. The normalized spacial score (nSPS) is 56.5. The summed E-state index contributed by atoms with van der Waals surface area (Å²) in [5.41, 5.74) is 0. The van der Waals surface area contributed by atoms with E-state index in [2.05, 4.69) is 0 Å². The molecule has 0 aromatic carbocycles. The molecule has 11 heavy (non-hydrogen) atoms. The number of hydrogen-bond donors (Lipinski definition) is 3. The summed E-state index contributed by atoms with van der Waals surface area (Å²) in [5.74, 6) is 0. The van der Waals surface area contributed by atoms with Crippen molar-refractivity contribution in [2.24, 2.45) is 0 Å². The van der Waals surface area contributed by atoms with Gasteiger partial charge in [0.1, 0.15) is 24.4 Å². The summed E-state index contributed by atoms with van der Waals surface area (Å²) in [6, 6.07) is 0. The van der Waals surface area contributed by atoms with Crippen LogP contribution in [-0.4, -0.2) is 52.6 Å². The molecule has 5 atom stereocenters. The van der Waals surface area contributed by atoms with Gasteiger partial charge < -0.3 is 24.8 Å². The van der Waals surface area contributed by atoms with E-state index in [9.17, 15) is 10.2 Å². The molecule has 3 N–H and O–H groups in total. The highest BCUT2D eigenvalue weighted by Gasteiger charge is 2.48. The lowest BCUT2D eigenvalue weighted by molar-refractivity contribution is -0.228. The number of hydrogen-bond acceptors (Lipinski definition) is 5. The molecule has 0 spiro atoms. The second kappa shape index (κ2) is 2.40. The summed E-state index contributed by atoms with van der Waals surface area (Å²) in [7, 11) is 0. The second-order valence-electron chi connectivity index (χ2n) is 2.85. The molecule has 0 saturated carbocycles. The maximum atomic E-state index is 9.22. The molecule has 5 heteroatoms. The molecule has 5 nitrogen and oxygen atoms in total. The van der Waals surface area contributed by atoms with Crippen LogP contribution >= 0.6 is 0 Å². The van der Waals surface area contributed by atoms with E-state index in [0.29, 0.717) is 0 Å². The predicted molar refractivity (Wildman–Crippen MR) is 32.6 cm³/mol. The Morgan fingerprint density at radius 1 is 1.00 bits per heavy atom. The van der Waals surface area contributed by atoms with Crippen LogP contribution in [-0.2, 0) is 9.47 Å². The molecule has 0 aliphatic carbocycles. The third-order valence-electron chi connectivity index (χ3n) is 2.09. The minimum Gasteiger partial charge on any atom is -0.387 e. The van der Waals surface area contributed by atoms with Crippen molar-refractivity contribution in [1.29, 1.82) is 0 Å². The molecule has 2 heterocycles. The fraction of sp³-hybridized carbons (Fsp3) is 1.00. The Hall–Kier alpha value is -0.200. The summed E-state index contributed by atoms with van der Waals surface area (Å²) >= 11 is 0. The lowest BCUT2D eigenvalue weighted by Gasteiger charge is -2.32. The number of aliphatic hydroxyl groups is 3. The third kappa shape index (κ3) is 0.969. The average molecular weight is 162 g/mol. The van der Waals surface area contributed by atoms with Gasteiger partial charge in [-0.2, -0.15) is 0 Å². The Labute approximate surface area is 63.2 Å². The maximum Gasteiger partial charge on any atom is 0.186 e. The first-order valence-electron chi connectivity index (χ1n) is 3.51. The van der Waals surface area contributed by atoms with Crippen molar-refractivity contribution < 1.29 is 24.8 Å². The SMILES string of the molecule is O[C@@H]1[C@@H](O)[C@@H]2OCC(O2)[C@@H]1O. The van der Waals surface area contributed by atoms with E-state index < -0.39 is 30.7 Å². The van der Waals surface area contributed by atoms with Gasteiger partial charge in [-0.05, 0) is 0 Å². The molecule has 2 aliphatic heterocycles. The Balaban J connectivity index is 2.16. The number of ether oxygens (including phenoxy) is 2. The van der Waals surface area contributed by atoms with Gasteiger partial charge in [0, 0.05) is 0 Å². The molecule has 2 fully saturated rings. The van der Waals surface area contributed by atoms with Gasteiger partial charge >= 0.3 is 0 Å². The minimum absolute atomic E-state index is 0.236. The van der Waals surface area contributed by atoms with E-state index in [4.69, 9.17) is 14.6 Å². The average Bonchev–Trinajstić information content (AvgIpc) is 2.44. The van der Waals surface area contributed by atoms with Crippen LogP contribution in [0.3, 0.4) is 0 Å². The lowest BCUT2D eigenvalue weighted by atomic mass is 10.0. The maximum absolute atomic E-state index is 9.22. The first-order chi connectivity index (χ1) is 5.20. The molecule has 2 bridgehead atoms. The highest BCUT2D eigenvalue weighted by molar-refractivity contribution is 4.92. The summed E-state index contributed by atoms with van der Waals surface area (Å²) in [6.45, 7) is 0.236. The quantitative estimate of drug-likeness (QED) is 0.377. The van der Waals surface area contributed by atoms with E-state index >= 15 is 0 Å². The molecule has 1 unspecified atom stereocenters. The summed E-state index contributed by atoms with van der Waals surface area (Å²) < 4.78 is 9.95. The fourth-order valence-electron chi connectivity index (χ4n) is 1.38. The second-order valence-corrected chi connectivity index (χ2v) is 2.85. The van der Waals surface area contributed by atoms with Crippen molar-refractivity contribution in [2.45, 2.75) is 30.7 Å². The minimum atomic E-state index is -1.15. The van der Waals surface area contributed by atoms with E-state index in [0.717, 1.165) is 0 Å². The van der Waals surface area contributed by atoms with Crippen LogP contribution < -0.4 is 0 Å². The molecule has 64 valence electrons. The Kier molecular flexibility index (Phi) is 1.62. The van der Waals surface area contributed by atoms with E-state index in [1.54, 1.807) is 0 Å². The van der Waals surface area contributed by atoms with Crippen molar-refractivity contribution in [3.8, 4) is 0 Å². The Bertz CT molecular complexity index is 141. The molecule has 0 radical (unpaired) electrons. The number of fused-ring (bicyclic) bond motifs is 2. The Morgan fingerprint density at radius 3 is 2.45 bits per heavy atom. The Morgan fingerprint density at radius 2 is 1.73 bits per heavy atom. The van der Waals surface area contributed by atoms with E-state index in [1.165, 1.54) is 0 Å². The summed E-state index contributed by atoms with van der Waals surface area (Å²) in [4.78, 5) is 0. The zero-order valence-corrected chi connectivity index (χ0v) is 5.75.